The minimum atomic E-state index is -4.10. The number of hydrogen-bond donors (Lipinski definition) is 5. The molecule has 0 aliphatic heterocycles. The number of carboxylic acid groups (broad SMARTS) is 1. The molecule has 5 N–H and O–H groups in total. The van der Waals surface area contributed by atoms with Gasteiger partial charge in [0.15, 0.2) is 0 Å². The molecule has 0 saturated heterocycles. The first kappa shape index (κ1) is 45.8. The van der Waals surface area contributed by atoms with Gasteiger partial charge in [-0.3, -0.25) is 9.69 Å². The zero-order valence-electron chi connectivity index (χ0n) is 33.4. The second-order valence-electron chi connectivity index (χ2n) is 15.3. The number of nitrogens with one attached hydrogen (secondary N) is 2. The minimum Gasteiger partial charge on any atom is -0.465 e. The van der Waals surface area contributed by atoms with Crippen molar-refractivity contribution in [3.63, 3.8) is 0 Å². The van der Waals surface area contributed by atoms with Crippen LogP contribution < -0.4 is 10.6 Å². The Morgan fingerprint density at radius 3 is 2.18 bits per heavy atom. The maximum Gasteiger partial charge on any atom is 0.408 e. The van der Waals surface area contributed by atoms with Crippen LogP contribution in [0.15, 0.2) is 70.0 Å². The molecule has 0 spiro atoms. The normalized spacial score (nSPS) is 14.3. The third kappa shape index (κ3) is 13.3. The predicted molar refractivity (Wildman–Crippen MR) is 216 cm³/mol. The number of benzene rings is 2. The van der Waals surface area contributed by atoms with E-state index in [1.165, 1.54) is 55.9 Å². The molecule has 0 saturated carbocycles. The van der Waals surface area contributed by atoms with Gasteiger partial charge >= 0.3 is 12.1 Å². The third-order valence-corrected chi connectivity index (χ3v) is 12.0. The van der Waals surface area contributed by atoms with Gasteiger partial charge in [-0.05, 0) is 62.3 Å². The van der Waals surface area contributed by atoms with Crippen molar-refractivity contribution in [2.24, 2.45) is 17.0 Å². The molecule has 4 amide bonds. The molecule has 17 heteroatoms. The highest BCUT2D eigenvalue weighted by Crippen LogP contribution is 2.22. The summed E-state index contributed by atoms with van der Waals surface area (Å²) in [5, 5.41) is 41.4. The van der Waals surface area contributed by atoms with Gasteiger partial charge in [-0.1, -0.05) is 81.7 Å². The van der Waals surface area contributed by atoms with Gasteiger partial charge in [-0.2, -0.15) is 4.31 Å². The van der Waals surface area contributed by atoms with Gasteiger partial charge in [0.25, 0.3) is 0 Å². The number of carbonyl (C=O) groups excluding carboxylic acids is 2. The summed E-state index contributed by atoms with van der Waals surface area (Å²) in [5.41, 5.74) is 1.23. The summed E-state index contributed by atoms with van der Waals surface area (Å²) < 4.78 is 29.0. The van der Waals surface area contributed by atoms with Gasteiger partial charge in [0.2, 0.25) is 15.9 Å². The number of aliphatic hydroxyl groups is 1. The quantitative estimate of drug-likeness (QED) is 0.0611. The van der Waals surface area contributed by atoms with Crippen LogP contribution in [0.3, 0.4) is 0 Å². The van der Waals surface area contributed by atoms with Crippen LogP contribution in [0.2, 0.25) is 0 Å². The number of aliphatic hydroxyl groups excluding tert-OH is 1. The summed E-state index contributed by atoms with van der Waals surface area (Å²) in [6.45, 7) is 12.8. The van der Waals surface area contributed by atoms with Crippen molar-refractivity contribution in [2.45, 2.75) is 103 Å². The first-order valence-electron chi connectivity index (χ1n) is 18.5. The number of sulfonamides is 1. The van der Waals surface area contributed by atoms with E-state index < -0.39 is 51.8 Å². The Bertz CT molecular complexity index is 1870. The fourth-order valence-corrected chi connectivity index (χ4v) is 8.25. The summed E-state index contributed by atoms with van der Waals surface area (Å²) in [6, 6.07) is 12.5. The van der Waals surface area contributed by atoms with Gasteiger partial charge in [0, 0.05) is 31.1 Å². The molecular formula is C39H57N7O8S2. The van der Waals surface area contributed by atoms with E-state index in [0.717, 1.165) is 5.56 Å². The molecule has 0 aliphatic rings. The highest BCUT2D eigenvalue weighted by atomic mass is 32.2. The van der Waals surface area contributed by atoms with Gasteiger partial charge in [-0.15, -0.1) is 11.3 Å². The maximum absolute atomic E-state index is 14.1. The molecule has 0 unspecified atom stereocenters. The van der Waals surface area contributed by atoms with Crippen LogP contribution in [-0.4, -0.2) is 111 Å². The Labute approximate surface area is 334 Å². The highest BCUT2D eigenvalue weighted by molar-refractivity contribution is 7.89. The SMILES string of the molecule is CC[C@H](C)[C@H](NC(=O)N(C)Cc1csc(CN(C(=O)O)C(C)(C)C)n1)C(=O)N[C@@H](Cc1ccccc1)[C@H](O)CN(CC(C)C)S(=O)(=O)c1ccc(C=NO)cc1. The van der Waals surface area contributed by atoms with Crippen LogP contribution in [0.25, 0.3) is 0 Å². The van der Waals surface area contributed by atoms with Crippen molar-refractivity contribution in [3.05, 3.63) is 81.8 Å². The number of carbonyl (C=O) groups is 3. The van der Waals surface area contributed by atoms with E-state index in [2.05, 4.69) is 20.8 Å². The Kier molecular flexibility index (Phi) is 16.8. The molecule has 308 valence electrons. The lowest BCUT2D eigenvalue weighted by Crippen LogP contribution is -2.58. The first-order valence-corrected chi connectivity index (χ1v) is 20.8. The first-order chi connectivity index (χ1) is 26.3. The van der Waals surface area contributed by atoms with Crippen molar-refractivity contribution >= 4 is 45.6 Å². The van der Waals surface area contributed by atoms with Crippen molar-refractivity contribution in [1.82, 2.24) is 29.7 Å². The highest BCUT2D eigenvalue weighted by Gasteiger charge is 2.34. The zero-order valence-corrected chi connectivity index (χ0v) is 35.0. The molecule has 4 atom stereocenters. The fraction of sp³-hybridized carbons (Fsp3) is 0.513. The molecule has 1 heterocycles. The average molecular weight is 816 g/mol. The van der Waals surface area contributed by atoms with Crippen molar-refractivity contribution < 1.29 is 38.2 Å². The van der Waals surface area contributed by atoms with E-state index in [-0.39, 0.29) is 49.3 Å². The molecule has 2 aromatic carbocycles. The maximum atomic E-state index is 14.1. The summed E-state index contributed by atoms with van der Waals surface area (Å²) in [6.07, 6.45) is -0.507. The second kappa shape index (κ2) is 20.5. The van der Waals surface area contributed by atoms with Gasteiger partial charge in [0.05, 0.1) is 42.0 Å². The number of amides is 4. The molecule has 15 nitrogen and oxygen atoms in total. The fourth-order valence-electron chi connectivity index (χ4n) is 5.86. The van der Waals surface area contributed by atoms with Crippen molar-refractivity contribution in [2.75, 3.05) is 20.1 Å². The molecular weight excluding hydrogens is 759 g/mol. The van der Waals surface area contributed by atoms with Gasteiger partial charge < -0.3 is 31.0 Å². The number of urea groups is 1. The Morgan fingerprint density at radius 1 is 0.982 bits per heavy atom. The van der Waals surface area contributed by atoms with Crippen LogP contribution in [0.5, 0.6) is 0 Å². The molecule has 0 radical (unpaired) electrons. The summed E-state index contributed by atoms with van der Waals surface area (Å²) >= 11 is 1.30. The lowest BCUT2D eigenvalue weighted by atomic mass is 9.96. The van der Waals surface area contributed by atoms with Crippen molar-refractivity contribution in [3.8, 4) is 0 Å². The lowest BCUT2D eigenvalue weighted by Gasteiger charge is -2.33. The minimum absolute atomic E-state index is 0.00577. The Morgan fingerprint density at radius 2 is 1.62 bits per heavy atom. The summed E-state index contributed by atoms with van der Waals surface area (Å²) in [7, 11) is -2.53. The number of oxime groups is 1. The number of aromatic nitrogens is 1. The lowest BCUT2D eigenvalue weighted by molar-refractivity contribution is -0.125. The molecule has 56 heavy (non-hydrogen) atoms. The Balaban J connectivity index is 1.82. The Hall–Kier alpha value is -4.58. The molecule has 0 aliphatic carbocycles. The number of rotatable bonds is 19. The summed E-state index contributed by atoms with van der Waals surface area (Å²) in [5.74, 6) is -0.947. The molecule has 0 fully saturated rings. The molecule has 3 aromatic rings. The van der Waals surface area contributed by atoms with Crippen LogP contribution >= 0.6 is 11.3 Å². The van der Waals surface area contributed by atoms with Crippen LogP contribution in [0.1, 0.15) is 76.7 Å². The third-order valence-electron chi connectivity index (χ3n) is 9.23. The predicted octanol–water partition coefficient (Wildman–Crippen LogP) is 5.22. The van der Waals surface area contributed by atoms with Crippen LogP contribution in [0.4, 0.5) is 9.59 Å². The molecule has 0 bridgehead atoms. The summed E-state index contributed by atoms with van der Waals surface area (Å²) in [4.78, 5) is 46.7. The average Bonchev–Trinajstić information content (AvgIpc) is 3.58. The number of hydrogen-bond acceptors (Lipinski definition) is 10. The van der Waals surface area contributed by atoms with E-state index in [1.54, 1.807) is 33.2 Å². The topological polar surface area (TPSA) is 205 Å². The van der Waals surface area contributed by atoms with Gasteiger partial charge in [0.1, 0.15) is 11.0 Å². The largest absolute Gasteiger partial charge is 0.465 e. The molecule has 1 aromatic heterocycles. The standard InChI is InChI=1S/C39H57N7O8S2/c1-9-27(4)35(43-37(49)44(8)22-30-25-55-34(41-30)24-46(38(50)51)39(5,6)7)36(48)42-32(19-28-13-11-10-12-14-28)33(47)23-45(21-26(2)3)56(53,54)31-17-15-29(16-18-31)20-40-52/h10-18,20,25-27,32-33,35,47,52H,9,19,21-24H2,1-8H3,(H,42,48)(H,43,49)(H,50,51)/t27-,32-,33+,35-/m0/s1. The van der Waals surface area contributed by atoms with E-state index in [0.29, 0.717) is 22.7 Å². The number of thiazole rings is 1. The van der Waals surface area contributed by atoms with Gasteiger partial charge in [-0.25, -0.2) is 23.0 Å². The van der Waals surface area contributed by atoms with E-state index in [1.807, 2.05) is 58.0 Å². The van der Waals surface area contributed by atoms with Crippen molar-refractivity contribution in [1.29, 1.82) is 0 Å². The van der Waals surface area contributed by atoms with E-state index in [4.69, 9.17) is 5.21 Å². The second-order valence-corrected chi connectivity index (χ2v) is 18.2. The van der Waals surface area contributed by atoms with Crippen LogP contribution in [0, 0.1) is 11.8 Å². The number of nitrogens with zero attached hydrogens (tertiary/aromatic N) is 5. The zero-order chi connectivity index (χ0) is 41.8. The monoisotopic (exact) mass is 815 g/mol. The van der Waals surface area contributed by atoms with Crippen LogP contribution in [-0.2, 0) is 34.3 Å². The van der Waals surface area contributed by atoms with E-state index in [9.17, 15) is 33.0 Å². The molecule has 3 rings (SSSR count). The smallest absolute Gasteiger partial charge is 0.408 e. The van der Waals surface area contributed by atoms with E-state index >= 15 is 0 Å².